The summed E-state index contributed by atoms with van der Waals surface area (Å²) in [6.07, 6.45) is 9.00. The summed E-state index contributed by atoms with van der Waals surface area (Å²) in [5.41, 5.74) is 1.44. The van der Waals surface area contributed by atoms with Crippen molar-refractivity contribution < 1.29 is 5.11 Å². The fourth-order valence-corrected chi connectivity index (χ4v) is 2.97. The molecule has 2 atom stereocenters. The van der Waals surface area contributed by atoms with Crippen molar-refractivity contribution in [1.82, 2.24) is 19.9 Å². The number of halogens is 2. The van der Waals surface area contributed by atoms with E-state index < -0.39 is 0 Å². The lowest BCUT2D eigenvalue weighted by Gasteiger charge is -2.26. The van der Waals surface area contributed by atoms with Crippen LogP contribution < -0.4 is 5.32 Å². The molecule has 0 unspecified atom stereocenters. The minimum absolute atomic E-state index is 0.0271. The van der Waals surface area contributed by atoms with E-state index in [0.29, 0.717) is 17.1 Å². The maximum absolute atomic E-state index is 9.90. The van der Waals surface area contributed by atoms with E-state index >= 15 is 0 Å². The Morgan fingerprint density at radius 2 is 2.38 bits per heavy atom. The van der Waals surface area contributed by atoms with Crippen molar-refractivity contribution >= 4 is 38.7 Å². The van der Waals surface area contributed by atoms with Gasteiger partial charge in [-0.15, -0.1) is 0 Å². The van der Waals surface area contributed by atoms with Gasteiger partial charge in [0.15, 0.2) is 5.65 Å². The van der Waals surface area contributed by atoms with E-state index in [4.69, 9.17) is 11.6 Å². The standard InChI is InChI=1S/C14H16BrClN4O/c15-9-7-18-14-13(12(9)16)19-8-20(14)6-2-3-10-11(21)4-1-5-17-10/h2-3,7-8,10-11,17,21H,1,4-6H2/b3-2+/t10-,11+/m1/s1. The van der Waals surface area contributed by atoms with E-state index in [1.54, 1.807) is 12.5 Å². The highest BCUT2D eigenvalue weighted by atomic mass is 79.9. The summed E-state index contributed by atoms with van der Waals surface area (Å²) in [7, 11) is 0. The molecule has 112 valence electrons. The Labute approximate surface area is 136 Å². The Morgan fingerprint density at radius 3 is 3.19 bits per heavy atom. The second-order valence-corrected chi connectivity index (χ2v) is 6.34. The number of rotatable bonds is 3. The number of fused-ring (bicyclic) bond motifs is 1. The maximum atomic E-state index is 9.90. The molecule has 0 amide bonds. The third kappa shape index (κ3) is 3.13. The highest BCUT2D eigenvalue weighted by molar-refractivity contribution is 9.10. The average Bonchev–Trinajstić information content (AvgIpc) is 2.89. The van der Waals surface area contributed by atoms with Crippen LogP contribution >= 0.6 is 27.5 Å². The first-order valence-electron chi connectivity index (χ1n) is 6.90. The number of hydrogen-bond acceptors (Lipinski definition) is 4. The van der Waals surface area contributed by atoms with Crippen LogP contribution in [0.5, 0.6) is 0 Å². The molecular formula is C14H16BrClN4O. The van der Waals surface area contributed by atoms with Crippen LogP contribution in [0, 0.1) is 0 Å². The largest absolute Gasteiger partial charge is 0.391 e. The normalized spacial score (nSPS) is 23.2. The van der Waals surface area contributed by atoms with Crippen LogP contribution in [-0.2, 0) is 6.54 Å². The van der Waals surface area contributed by atoms with Gasteiger partial charge in [0, 0.05) is 12.7 Å². The zero-order valence-corrected chi connectivity index (χ0v) is 13.7. The van der Waals surface area contributed by atoms with Crippen molar-refractivity contribution in [2.24, 2.45) is 0 Å². The van der Waals surface area contributed by atoms with Crippen LogP contribution in [0.4, 0.5) is 0 Å². The summed E-state index contributed by atoms with van der Waals surface area (Å²) in [6, 6.07) is 0.0271. The van der Waals surface area contributed by atoms with Crippen molar-refractivity contribution in [1.29, 1.82) is 0 Å². The lowest BCUT2D eigenvalue weighted by molar-refractivity contribution is 0.115. The monoisotopic (exact) mass is 370 g/mol. The predicted octanol–water partition coefficient (Wildman–Crippen LogP) is 2.52. The van der Waals surface area contributed by atoms with E-state index in [2.05, 4.69) is 31.2 Å². The molecule has 0 bridgehead atoms. The number of pyridine rings is 1. The number of nitrogens with zero attached hydrogens (tertiary/aromatic N) is 3. The molecule has 1 aliphatic rings. The molecule has 2 N–H and O–H groups in total. The Kier molecular flexibility index (Phi) is 4.59. The zero-order chi connectivity index (χ0) is 14.8. The number of allylic oxidation sites excluding steroid dienone is 1. The van der Waals surface area contributed by atoms with Gasteiger partial charge < -0.3 is 15.0 Å². The van der Waals surface area contributed by atoms with Gasteiger partial charge in [-0.05, 0) is 35.3 Å². The van der Waals surface area contributed by atoms with Gasteiger partial charge in [0.2, 0.25) is 0 Å². The second-order valence-electron chi connectivity index (χ2n) is 5.11. The SMILES string of the molecule is O[C@H]1CCCN[C@@H]1/C=C/Cn1cnc2c(Cl)c(Br)cnc21. The highest BCUT2D eigenvalue weighted by Gasteiger charge is 2.19. The first-order chi connectivity index (χ1) is 10.2. The van der Waals surface area contributed by atoms with E-state index in [-0.39, 0.29) is 12.1 Å². The quantitative estimate of drug-likeness (QED) is 0.814. The zero-order valence-electron chi connectivity index (χ0n) is 11.3. The van der Waals surface area contributed by atoms with E-state index in [1.165, 1.54) is 0 Å². The summed E-state index contributed by atoms with van der Waals surface area (Å²) in [5, 5.41) is 13.8. The molecule has 7 heteroatoms. The van der Waals surface area contributed by atoms with Crippen molar-refractivity contribution in [3.8, 4) is 0 Å². The lowest BCUT2D eigenvalue weighted by atomic mass is 10.0. The van der Waals surface area contributed by atoms with E-state index in [9.17, 15) is 5.11 Å². The molecule has 3 rings (SSSR count). The fraction of sp³-hybridized carbons (Fsp3) is 0.429. The minimum atomic E-state index is -0.307. The van der Waals surface area contributed by atoms with Crippen LogP contribution in [0.3, 0.4) is 0 Å². The molecule has 3 heterocycles. The Hall–Kier alpha value is -0.950. The van der Waals surface area contributed by atoms with Gasteiger partial charge >= 0.3 is 0 Å². The summed E-state index contributed by atoms with van der Waals surface area (Å²) in [6.45, 7) is 1.59. The molecule has 0 spiro atoms. The topological polar surface area (TPSA) is 63.0 Å². The molecule has 0 aliphatic carbocycles. The lowest BCUT2D eigenvalue weighted by Crippen LogP contribution is -2.43. The number of aliphatic hydroxyl groups is 1. The summed E-state index contributed by atoms with van der Waals surface area (Å²) in [5.74, 6) is 0. The van der Waals surface area contributed by atoms with E-state index in [1.807, 2.05) is 16.7 Å². The Balaban J connectivity index is 1.75. The summed E-state index contributed by atoms with van der Waals surface area (Å²) in [4.78, 5) is 8.65. The molecule has 1 saturated heterocycles. The summed E-state index contributed by atoms with van der Waals surface area (Å²) < 4.78 is 2.67. The Bertz CT molecular complexity index is 672. The van der Waals surface area contributed by atoms with Gasteiger partial charge in [-0.2, -0.15) is 0 Å². The van der Waals surface area contributed by atoms with Crippen molar-refractivity contribution in [2.75, 3.05) is 6.54 Å². The first-order valence-corrected chi connectivity index (χ1v) is 8.07. The molecular weight excluding hydrogens is 356 g/mol. The van der Waals surface area contributed by atoms with Crippen LogP contribution in [0.1, 0.15) is 12.8 Å². The number of imidazole rings is 1. The average molecular weight is 372 g/mol. The van der Waals surface area contributed by atoms with Crippen LogP contribution in [-0.4, -0.2) is 38.3 Å². The predicted molar refractivity (Wildman–Crippen MR) is 86.4 cm³/mol. The van der Waals surface area contributed by atoms with Crippen LogP contribution in [0.2, 0.25) is 5.02 Å². The number of piperidine rings is 1. The third-order valence-corrected chi connectivity index (χ3v) is 4.86. The third-order valence-electron chi connectivity index (χ3n) is 3.64. The molecule has 1 aliphatic heterocycles. The van der Waals surface area contributed by atoms with Gasteiger partial charge in [-0.3, -0.25) is 0 Å². The van der Waals surface area contributed by atoms with Crippen LogP contribution in [0.25, 0.3) is 11.2 Å². The molecule has 0 aromatic carbocycles. The number of nitrogens with one attached hydrogen (secondary N) is 1. The molecule has 2 aromatic heterocycles. The van der Waals surface area contributed by atoms with Gasteiger partial charge in [-0.25, -0.2) is 9.97 Å². The van der Waals surface area contributed by atoms with Crippen LogP contribution in [0.15, 0.2) is 29.1 Å². The van der Waals surface area contributed by atoms with Crippen molar-refractivity contribution in [2.45, 2.75) is 31.5 Å². The molecule has 0 saturated carbocycles. The van der Waals surface area contributed by atoms with Gasteiger partial charge in [0.1, 0.15) is 5.52 Å². The molecule has 1 fully saturated rings. The fourth-order valence-electron chi connectivity index (χ4n) is 2.50. The van der Waals surface area contributed by atoms with Gasteiger partial charge in [-0.1, -0.05) is 23.8 Å². The van der Waals surface area contributed by atoms with Crippen molar-refractivity contribution in [3.05, 3.63) is 34.2 Å². The smallest absolute Gasteiger partial charge is 0.161 e. The van der Waals surface area contributed by atoms with Gasteiger partial charge in [0.25, 0.3) is 0 Å². The van der Waals surface area contributed by atoms with Gasteiger partial charge in [0.05, 0.1) is 28.0 Å². The van der Waals surface area contributed by atoms with Crippen molar-refractivity contribution in [3.63, 3.8) is 0 Å². The Morgan fingerprint density at radius 1 is 1.52 bits per heavy atom. The molecule has 2 aromatic rings. The molecule has 0 radical (unpaired) electrons. The summed E-state index contributed by atoms with van der Waals surface area (Å²) >= 11 is 9.53. The number of aromatic nitrogens is 3. The van der Waals surface area contributed by atoms with E-state index in [0.717, 1.165) is 29.5 Å². The number of aliphatic hydroxyl groups excluding tert-OH is 1. The maximum Gasteiger partial charge on any atom is 0.161 e. The molecule has 21 heavy (non-hydrogen) atoms. The number of hydrogen-bond donors (Lipinski definition) is 2. The highest BCUT2D eigenvalue weighted by Crippen LogP contribution is 2.28. The minimum Gasteiger partial charge on any atom is -0.391 e. The first kappa shape index (κ1) is 15.0. The molecule has 5 nitrogen and oxygen atoms in total. The second kappa shape index (κ2) is 6.44.